The fraction of sp³-hybridized carbons (Fsp3) is 0.143. The zero-order valence-electron chi connectivity index (χ0n) is 9.11. The maximum absolute atomic E-state index is 11.8. The van der Waals surface area contributed by atoms with Crippen molar-refractivity contribution in [2.24, 2.45) is 0 Å². The first-order valence-corrected chi connectivity index (χ1v) is 5.11. The van der Waals surface area contributed by atoms with Crippen LogP contribution in [0.2, 0.25) is 0 Å². The number of Topliss-reactive ketones (excluding diaryl/α,β-unsaturated/α-hetero) is 2. The van der Waals surface area contributed by atoms with Crippen molar-refractivity contribution in [3.05, 3.63) is 60.8 Å². The van der Waals surface area contributed by atoms with Gasteiger partial charge in [0.15, 0.2) is 0 Å². The van der Waals surface area contributed by atoms with Crippen LogP contribution in [0.25, 0.3) is 0 Å². The van der Waals surface area contributed by atoms with E-state index in [2.05, 4.69) is 13.2 Å². The van der Waals surface area contributed by atoms with Crippen LogP contribution in [0.3, 0.4) is 0 Å². The highest BCUT2D eigenvalue weighted by molar-refractivity contribution is 6.50. The highest BCUT2D eigenvalue weighted by Gasteiger charge is 2.19. The number of hydrogen-bond donors (Lipinski definition) is 0. The number of hydrogen-bond acceptors (Lipinski definition) is 2. The van der Waals surface area contributed by atoms with Crippen LogP contribution in [0.15, 0.2) is 60.8 Å². The van der Waals surface area contributed by atoms with Crippen molar-refractivity contribution in [1.29, 1.82) is 0 Å². The third-order valence-corrected chi connectivity index (χ3v) is 2.24. The number of allylic oxidation sites excluding steroid dienone is 8. The first-order valence-electron chi connectivity index (χ1n) is 5.11. The smallest absolute Gasteiger partial charge is 0.233 e. The van der Waals surface area contributed by atoms with Gasteiger partial charge < -0.3 is 0 Å². The van der Waals surface area contributed by atoms with Gasteiger partial charge in [0.1, 0.15) is 0 Å². The van der Waals surface area contributed by atoms with E-state index in [1.807, 2.05) is 6.08 Å². The molecule has 0 heterocycles. The molecule has 1 rings (SSSR count). The minimum absolute atomic E-state index is 0.278. The van der Waals surface area contributed by atoms with E-state index < -0.39 is 11.6 Å². The van der Waals surface area contributed by atoms with Crippen LogP contribution in [0.1, 0.15) is 12.8 Å². The van der Waals surface area contributed by atoms with Gasteiger partial charge in [0, 0.05) is 11.1 Å². The predicted molar refractivity (Wildman–Crippen MR) is 64.9 cm³/mol. The van der Waals surface area contributed by atoms with Gasteiger partial charge in [0.25, 0.3) is 0 Å². The Morgan fingerprint density at radius 1 is 1.25 bits per heavy atom. The predicted octanol–water partition coefficient (Wildman–Crippen LogP) is 2.70. The fourth-order valence-corrected chi connectivity index (χ4v) is 1.41. The Hall–Kier alpha value is -1.96. The average molecular weight is 214 g/mol. The second-order valence-corrected chi connectivity index (χ2v) is 3.36. The molecule has 82 valence electrons. The van der Waals surface area contributed by atoms with Gasteiger partial charge in [0.2, 0.25) is 11.6 Å². The van der Waals surface area contributed by atoms with Crippen LogP contribution in [0, 0.1) is 0 Å². The van der Waals surface area contributed by atoms with Crippen molar-refractivity contribution < 1.29 is 9.59 Å². The molecule has 0 aliphatic heterocycles. The van der Waals surface area contributed by atoms with Crippen molar-refractivity contribution in [1.82, 2.24) is 0 Å². The summed E-state index contributed by atoms with van der Waals surface area (Å²) in [6.07, 6.45) is 11.4. The first kappa shape index (κ1) is 12.1. The lowest BCUT2D eigenvalue weighted by atomic mass is 9.97. The van der Waals surface area contributed by atoms with E-state index in [9.17, 15) is 9.59 Å². The molecule has 16 heavy (non-hydrogen) atoms. The molecule has 1 aliphatic carbocycles. The Bertz CT molecular complexity index is 420. The maximum Gasteiger partial charge on any atom is 0.233 e. The molecule has 0 unspecified atom stereocenters. The minimum atomic E-state index is -0.535. The summed E-state index contributed by atoms with van der Waals surface area (Å²) in [5, 5.41) is 0. The molecule has 0 saturated carbocycles. The van der Waals surface area contributed by atoms with Gasteiger partial charge in [-0.05, 0) is 12.8 Å². The molecular weight excluding hydrogens is 200 g/mol. The topological polar surface area (TPSA) is 34.1 Å². The van der Waals surface area contributed by atoms with E-state index in [1.165, 1.54) is 18.2 Å². The highest BCUT2D eigenvalue weighted by Crippen LogP contribution is 2.13. The van der Waals surface area contributed by atoms with Crippen LogP contribution >= 0.6 is 0 Å². The summed E-state index contributed by atoms with van der Waals surface area (Å²) < 4.78 is 0. The van der Waals surface area contributed by atoms with Gasteiger partial charge in [-0.25, -0.2) is 0 Å². The van der Waals surface area contributed by atoms with E-state index in [1.54, 1.807) is 12.2 Å². The van der Waals surface area contributed by atoms with Gasteiger partial charge in [-0.15, -0.1) is 0 Å². The molecule has 0 atom stereocenters. The van der Waals surface area contributed by atoms with Crippen LogP contribution in [-0.2, 0) is 9.59 Å². The second-order valence-electron chi connectivity index (χ2n) is 3.36. The van der Waals surface area contributed by atoms with Gasteiger partial charge in [-0.1, -0.05) is 49.6 Å². The monoisotopic (exact) mass is 214 g/mol. The van der Waals surface area contributed by atoms with Gasteiger partial charge in [-0.3, -0.25) is 9.59 Å². The molecule has 0 aromatic carbocycles. The Morgan fingerprint density at radius 3 is 2.50 bits per heavy atom. The number of carbonyl (C=O) groups excluding carboxylic acids is 2. The summed E-state index contributed by atoms with van der Waals surface area (Å²) in [5.41, 5.74) is 0.743. The molecule has 0 aromatic rings. The second kappa shape index (κ2) is 5.81. The Kier molecular flexibility index (Phi) is 4.40. The van der Waals surface area contributed by atoms with Crippen LogP contribution in [0.5, 0.6) is 0 Å². The molecule has 0 N–H and O–H groups in total. The van der Waals surface area contributed by atoms with Crippen LogP contribution < -0.4 is 0 Å². The zero-order valence-corrected chi connectivity index (χ0v) is 9.11. The lowest BCUT2D eigenvalue weighted by molar-refractivity contribution is -0.131. The average Bonchev–Trinajstić information content (AvgIpc) is 2.35. The molecule has 0 fully saturated rings. The Morgan fingerprint density at radius 2 is 2.00 bits per heavy atom. The van der Waals surface area contributed by atoms with E-state index in [0.717, 1.165) is 12.8 Å². The molecule has 0 aromatic heterocycles. The van der Waals surface area contributed by atoms with Gasteiger partial charge >= 0.3 is 0 Å². The third kappa shape index (κ3) is 2.76. The molecule has 0 saturated heterocycles. The summed E-state index contributed by atoms with van der Waals surface area (Å²) in [6.45, 7) is 6.99. The quantitative estimate of drug-likeness (QED) is 0.400. The molecule has 0 spiro atoms. The molecule has 0 bridgehead atoms. The summed E-state index contributed by atoms with van der Waals surface area (Å²) in [4.78, 5) is 23.5. The van der Waals surface area contributed by atoms with E-state index >= 15 is 0 Å². The van der Waals surface area contributed by atoms with E-state index in [-0.39, 0.29) is 5.57 Å². The lowest BCUT2D eigenvalue weighted by Crippen LogP contribution is -2.17. The molecule has 1 aliphatic rings. The number of rotatable bonds is 5. The normalized spacial score (nSPS) is 15.2. The summed E-state index contributed by atoms with van der Waals surface area (Å²) in [6, 6.07) is 0. The zero-order chi connectivity index (χ0) is 12.0. The summed E-state index contributed by atoms with van der Waals surface area (Å²) in [5.74, 6) is -1.02. The van der Waals surface area contributed by atoms with Crippen molar-refractivity contribution in [2.45, 2.75) is 12.8 Å². The third-order valence-electron chi connectivity index (χ3n) is 2.24. The molecule has 2 nitrogen and oxygen atoms in total. The van der Waals surface area contributed by atoms with E-state index in [0.29, 0.717) is 5.57 Å². The fourth-order valence-electron chi connectivity index (χ4n) is 1.41. The SMILES string of the molecule is C=C/C=C(\C=C)C(=O)C(=O)C1=CCCC=C1. The maximum atomic E-state index is 11.8. The number of carbonyl (C=O) groups is 2. The van der Waals surface area contributed by atoms with Crippen LogP contribution in [-0.4, -0.2) is 11.6 Å². The van der Waals surface area contributed by atoms with Crippen molar-refractivity contribution in [2.75, 3.05) is 0 Å². The largest absolute Gasteiger partial charge is 0.285 e. The van der Waals surface area contributed by atoms with Gasteiger partial charge in [0.05, 0.1) is 0 Å². The van der Waals surface area contributed by atoms with Gasteiger partial charge in [-0.2, -0.15) is 0 Å². The summed E-state index contributed by atoms with van der Waals surface area (Å²) in [7, 11) is 0. The van der Waals surface area contributed by atoms with Crippen LogP contribution in [0.4, 0.5) is 0 Å². The van der Waals surface area contributed by atoms with Crippen molar-refractivity contribution >= 4 is 11.6 Å². The molecule has 0 amide bonds. The highest BCUT2D eigenvalue weighted by atomic mass is 16.2. The van der Waals surface area contributed by atoms with Crippen molar-refractivity contribution in [3.8, 4) is 0 Å². The first-order chi connectivity index (χ1) is 7.70. The minimum Gasteiger partial charge on any atom is -0.285 e. The van der Waals surface area contributed by atoms with Crippen molar-refractivity contribution in [3.63, 3.8) is 0 Å². The lowest BCUT2D eigenvalue weighted by Gasteiger charge is -2.05. The van der Waals surface area contributed by atoms with E-state index in [4.69, 9.17) is 0 Å². The summed E-state index contributed by atoms with van der Waals surface area (Å²) >= 11 is 0. The Balaban J connectivity index is 2.89. The Labute approximate surface area is 95.4 Å². The molecular formula is C14H14O2. The molecule has 0 radical (unpaired) electrons. The standard InChI is InChI=1S/C14H14O2/c1-3-8-11(4-2)13(15)14(16)12-9-6-5-7-10-12/h3-4,6,8-10H,1-2,5,7H2/b11-8+. The molecule has 2 heteroatoms. The number of ketones is 2.